The second-order valence-corrected chi connectivity index (χ2v) is 5.00. The number of amides is 1. The minimum absolute atomic E-state index is 0.0494. The van der Waals surface area contributed by atoms with Crippen LogP contribution in [0.1, 0.15) is 0 Å². The molecule has 1 aromatic carbocycles. The number of rotatable bonds is 2. The lowest BCUT2D eigenvalue weighted by atomic mass is 10.3. The van der Waals surface area contributed by atoms with Crippen LogP contribution in [0.15, 0.2) is 27.4 Å². The van der Waals surface area contributed by atoms with Crippen molar-refractivity contribution in [2.45, 2.75) is 6.54 Å². The number of oxazole rings is 1. The number of aromatic nitrogens is 1. The van der Waals surface area contributed by atoms with E-state index >= 15 is 0 Å². The van der Waals surface area contributed by atoms with E-state index in [0.29, 0.717) is 42.4 Å². The third kappa shape index (κ3) is 2.44. The summed E-state index contributed by atoms with van der Waals surface area (Å²) in [6.07, 6.45) is 0. The van der Waals surface area contributed by atoms with Crippen LogP contribution in [0.4, 0.5) is 0 Å². The molecule has 0 N–H and O–H groups in total. The first-order valence-electron chi connectivity index (χ1n) is 6.29. The maximum Gasteiger partial charge on any atom is 0.420 e. The first-order valence-corrected chi connectivity index (χ1v) is 6.67. The third-order valence-electron chi connectivity index (χ3n) is 3.29. The average molecular weight is 297 g/mol. The predicted molar refractivity (Wildman–Crippen MR) is 72.9 cm³/mol. The van der Waals surface area contributed by atoms with Crippen molar-refractivity contribution >= 4 is 28.6 Å². The predicted octanol–water partition coefficient (Wildman–Crippen LogP) is 1.11. The maximum atomic E-state index is 12.2. The van der Waals surface area contributed by atoms with Gasteiger partial charge >= 0.3 is 5.76 Å². The summed E-state index contributed by atoms with van der Waals surface area (Å²) in [5, 5.41) is 0.492. The number of hydrogen-bond acceptors (Lipinski definition) is 4. The molecule has 1 aromatic heterocycles. The molecular weight excluding hydrogens is 284 g/mol. The molecule has 1 amide bonds. The Balaban J connectivity index is 1.90. The largest absolute Gasteiger partial charge is 0.420 e. The summed E-state index contributed by atoms with van der Waals surface area (Å²) in [6.45, 7) is 2.09. The zero-order chi connectivity index (χ0) is 14.1. The highest BCUT2D eigenvalue weighted by Crippen LogP contribution is 2.18. The fourth-order valence-corrected chi connectivity index (χ4v) is 2.40. The molecule has 1 aliphatic rings. The van der Waals surface area contributed by atoms with E-state index in [1.54, 1.807) is 23.1 Å². The van der Waals surface area contributed by atoms with Gasteiger partial charge in [-0.1, -0.05) is 11.6 Å². The molecular formula is C13H13ClN2O4. The van der Waals surface area contributed by atoms with Crippen molar-refractivity contribution in [2.75, 3.05) is 26.3 Å². The number of benzene rings is 1. The van der Waals surface area contributed by atoms with Crippen LogP contribution in [0, 0.1) is 0 Å². The number of fused-ring (bicyclic) bond motifs is 1. The highest BCUT2D eigenvalue weighted by molar-refractivity contribution is 6.31. The van der Waals surface area contributed by atoms with E-state index in [2.05, 4.69) is 0 Å². The summed E-state index contributed by atoms with van der Waals surface area (Å²) in [6, 6.07) is 4.88. The molecule has 1 fully saturated rings. The maximum absolute atomic E-state index is 12.2. The van der Waals surface area contributed by atoms with Gasteiger partial charge in [-0.15, -0.1) is 0 Å². The number of ether oxygens (including phenoxy) is 1. The zero-order valence-corrected chi connectivity index (χ0v) is 11.4. The first kappa shape index (κ1) is 13.2. The van der Waals surface area contributed by atoms with Gasteiger partial charge in [0.15, 0.2) is 5.58 Å². The van der Waals surface area contributed by atoms with E-state index in [1.165, 1.54) is 4.57 Å². The van der Waals surface area contributed by atoms with Crippen LogP contribution in [0.5, 0.6) is 0 Å². The van der Waals surface area contributed by atoms with E-state index in [0.717, 1.165) is 0 Å². The summed E-state index contributed by atoms with van der Waals surface area (Å²) in [5.41, 5.74) is 0.957. The molecule has 0 aliphatic carbocycles. The molecule has 1 aliphatic heterocycles. The molecule has 0 bridgehead atoms. The molecule has 106 valence electrons. The topological polar surface area (TPSA) is 64.7 Å². The van der Waals surface area contributed by atoms with Gasteiger partial charge in [0.05, 0.1) is 18.7 Å². The zero-order valence-electron chi connectivity index (χ0n) is 10.7. The first-order chi connectivity index (χ1) is 9.65. The second kappa shape index (κ2) is 5.30. The smallest absolute Gasteiger partial charge is 0.408 e. The van der Waals surface area contributed by atoms with Crippen molar-refractivity contribution in [2.24, 2.45) is 0 Å². The molecule has 0 radical (unpaired) electrons. The number of carbonyl (C=O) groups excluding carboxylic acids is 1. The van der Waals surface area contributed by atoms with Crippen molar-refractivity contribution in [1.29, 1.82) is 0 Å². The van der Waals surface area contributed by atoms with E-state index < -0.39 is 5.76 Å². The van der Waals surface area contributed by atoms with Gasteiger partial charge < -0.3 is 14.1 Å². The van der Waals surface area contributed by atoms with Gasteiger partial charge in [-0.3, -0.25) is 9.36 Å². The van der Waals surface area contributed by atoms with Crippen LogP contribution in [0.25, 0.3) is 11.1 Å². The Labute approximate surface area is 119 Å². The molecule has 6 nitrogen and oxygen atoms in total. The number of nitrogens with zero attached hydrogens (tertiary/aromatic N) is 2. The lowest BCUT2D eigenvalue weighted by Crippen LogP contribution is -2.43. The standard InChI is InChI=1S/C13H13ClN2O4/c14-9-1-2-11-10(7-9)16(13(18)20-11)8-12(17)15-3-5-19-6-4-15/h1-2,7H,3-6,8H2. The molecule has 0 unspecified atom stereocenters. The Morgan fingerprint density at radius 2 is 2.05 bits per heavy atom. The normalized spacial score (nSPS) is 15.8. The molecule has 2 aromatic rings. The van der Waals surface area contributed by atoms with Crippen molar-refractivity contribution in [1.82, 2.24) is 9.47 Å². The van der Waals surface area contributed by atoms with E-state index in [1.807, 2.05) is 0 Å². The molecule has 0 atom stereocenters. The Bertz CT molecular complexity index is 700. The molecule has 7 heteroatoms. The van der Waals surface area contributed by atoms with Crippen molar-refractivity contribution in [3.8, 4) is 0 Å². The number of carbonyl (C=O) groups is 1. The van der Waals surface area contributed by atoms with Crippen LogP contribution in [-0.4, -0.2) is 41.7 Å². The van der Waals surface area contributed by atoms with Crippen molar-refractivity contribution in [3.63, 3.8) is 0 Å². The molecule has 2 heterocycles. The van der Waals surface area contributed by atoms with E-state index in [-0.39, 0.29) is 12.5 Å². The molecule has 3 rings (SSSR count). The monoisotopic (exact) mass is 296 g/mol. The van der Waals surface area contributed by atoms with Gasteiger partial charge in [-0.25, -0.2) is 4.79 Å². The summed E-state index contributed by atoms with van der Waals surface area (Å²) >= 11 is 5.92. The Morgan fingerprint density at radius 1 is 1.30 bits per heavy atom. The Hall–Kier alpha value is -1.79. The van der Waals surface area contributed by atoms with Gasteiger partial charge in [-0.05, 0) is 18.2 Å². The second-order valence-electron chi connectivity index (χ2n) is 4.56. The molecule has 20 heavy (non-hydrogen) atoms. The lowest BCUT2D eigenvalue weighted by molar-refractivity contribution is -0.135. The highest BCUT2D eigenvalue weighted by atomic mass is 35.5. The average Bonchev–Trinajstić information content (AvgIpc) is 2.76. The lowest BCUT2D eigenvalue weighted by Gasteiger charge is -2.26. The fraction of sp³-hybridized carbons (Fsp3) is 0.385. The van der Waals surface area contributed by atoms with Gasteiger partial charge in [0, 0.05) is 18.1 Å². The minimum atomic E-state index is -0.552. The third-order valence-corrected chi connectivity index (χ3v) is 3.52. The molecule has 1 saturated heterocycles. The fourth-order valence-electron chi connectivity index (χ4n) is 2.23. The number of hydrogen-bond donors (Lipinski definition) is 0. The van der Waals surface area contributed by atoms with Crippen LogP contribution in [0.2, 0.25) is 5.02 Å². The SMILES string of the molecule is O=C(Cn1c(=O)oc2ccc(Cl)cc21)N1CCOCC1. The number of morpholine rings is 1. The number of halogens is 1. The van der Waals surface area contributed by atoms with E-state index in [4.69, 9.17) is 20.8 Å². The van der Waals surface area contributed by atoms with Crippen molar-refractivity contribution < 1.29 is 13.9 Å². The Kier molecular flexibility index (Phi) is 3.50. The van der Waals surface area contributed by atoms with Crippen LogP contribution in [0.3, 0.4) is 0 Å². The summed E-state index contributed by atoms with van der Waals surface area (Å²) < 4.78 is 11.6. The highest BCUT2D eigenvalue weighted by Gasteiger charge is 2.19. The van der Waals surface area contributed by atoms with Gasteiger partial charge in [0.1, 0.15) is 6.54 Å². The van der Waals surface area contributed by atoms with Gasteiger partial charge in [0.25, 0.3) is 0 Å². The van der Waals surface area contributed by atoms with Gasteiger partial charge in [-0.2, -0.15) is 0 Å². The quantitative estimate of drug-likeness (QED) is 0.832. The van der Waals surface area contributed by atoms with Crippen LogP contribution in [-0.2, 0) is 16.1 Å². The van der Waals surface area contributed by atoms with Crippen molar-refractivity contribution in [3.05, 3.63) is 33.8 Å². The summed E-state index contributed by atoms with van der Waals surface area (Å²) in [7, 11) is 0. The van der Waals surface area contributed by atoms with Crippen LogP contribution >= 0.6 is 11.6 Å². The minimum Gasteiger partial charge on any atom is -0.408 e. The van der Waals surface area contributed by atoms with E-state index in [9.17, 15) is 9.59 Å². The summed E-state index contributed by atoms with van der Waals surface area (Å²) in [4.78, 5) is 25.7. The van der Waals surface area contributed by atoms with Crippen LogP contribution < -0.4 is 5.76 Å². The Morgan fingerprint density at radius 3 is 2.80 bits per heavy atom. The van der Waals surface area contributed by atoms with Gasteiger partial charge in [0.2, 0.25) is 5.91 Å². The summed E-state index contributed by atoms with van der Waals surface area (Å²) in [5.74, 6) is -0.679. The molecule has 0 saturated carbocycles. The molecule has 0 spiro atoms.